The van der Waals surface area contributed by atoms with Gasteiger partial charge in [-0.05, 0) is 40.5 Å². The lowest BCUT2D eigenvalue weighted by molar-refractivity contribution is 0.249. The molecule has 3 nitrogen and oxygen atoms in total. The lowest BCUT2D eigenvalue weighted by Crippen LogP contribution is -2.46. The van der Waals surface area contributed by atoms with Crippen molar-refractivity contribution in [3.05, 3.63) is 58.2 Å². The number of nitrogens with zero attached hydrogens (tertiary/aromatic N) is 3. The number of halogens is 1. The van der Waals surface area contributed by atoms with Gasteiger partial charge >= 0.3 is 0 Å². The molecule has 0 saturated carbocycles. The number of hydrogen-bond acceptors (Lipinski definition) is 3. The summed E-state index contributed by atoms with van der Waals surface area (Å²) in [7, 11) is 0. The van der Waals surface area contributed by atoms with Gasteiger partial charge in [-0.15, -0.1) is 0 Å². The van der Waals surface area contributed by atoms with Gasteiger partial charge in [0.1, 0.15) is 5.82 Å². The van der Waals surface area contributed by atoms with E-state index in [2.05, 4.69) is 73.2 Å². The highest BCUT2D eigenvalue weighted by Crippen LogP contribution is 2.20. The molecule has 2 aromatic rings. The van der Waals surface area contributed by atoms with Crippen LogP contribution >= 0.6 is 15.9 Å². The summed E-state index contributed by atoms with van der Waals surface area (Å²) in [5.74, 6) is 1.09. The van der Waals surface area contributed by atoms with E-state index >= 15 is 0 Å². The molecule has 0 N–H and O–H groups in total. The molecule has 1 aliphatic heterocycles. The van der Waals surface area contributed by atoms with E-state index in [4.69, 9.17) is 0 Å². The fraction of sp³-hybridized carbons (Fsp3) is 0.353. The van der Waals surface area contributed by atoms with E-state index in [-0.39, 0.29) is 0 Å². The first-order chi connectivity index (χ1) is 10.2. The number of rotatable bonds is 3. The number of pyridine rings is 1. The van der Waals surface area contributed by atoms with Gasteiger partial charge in [0, 0.05) is 37.2 Å². The summed E-state index contributed by atoms with van der Waals surface area (Å²) in [6, 6.07) is 14.9. The molecule has 0 atom stereocenters. The number of aryl methyl sites for hydroxylation is 1. The molecule has 0 spiro atoms. The second kappa shape index (κ2) is 6.58. The number of anilines is 1. The Balaban J connectivity index is 1.58. The molecule has 1 aromatic carbocycles. The molecule has 0 amide bonds. The first kappa shape index (κ1) is 14.5. The van der Waals surface area contributed by atoms with Crippen molar-refractivity contribution in [1.82, 2.24) is 9.88 Å². The van der Waals surface area contributed by atoms with E-state index in [1.165, 1.54) is 5.56 Å². The predicted octanol–water partition coefficient (Wildman–Crippen LogP) is 3.47. The molecule has 4 heteroatoms. The third kappa shape index (κ3) is 3.63. The molecular formula is C17H20BrN3. The fourth-order valence-corrected chi connectivity index (χ4v) is 2.90. The first-order valence-corrected chi connectivity index (χ1v) is 8.16. The van der Waals surface area contributed by atoms with Crippen LogP contribution in [0.2, 0.25) is 0 Å². The predicted molar refractivity (Wildman–Crippen MR) is 90.6 cm³/mol. The van der Waals surface area contributed by atoms with Crippen molar-refractivity contribution in [2.75, 3.05) is 31.1 Å². The number of aromatic nitrogens is 1. The van der Waals surface area contributed by atoms with Crippen molar-refractivity contribution < 1.29 is 0 Å². The maximum atomic E-state index is 4.67. The third-order valence-electron chi connectivity index (χ3n) is 3.95. The Bertz CT molecular complexity index is 592. The summed E-state index contributed by atoms with van der Waals surface area (Å²) in [4.78, 5) is 9.55. The standard InChI is InChI=1S/C17H20BrN3/c1-14-16(18)7-8-17(19-14)21-11-9-20(10-12-21)13-15-5-3-2-4-6-15/h2-8H,9-13H2,1H3. The first-order valence-electron chi connectivity index (χ1n) is 7.37. The molecule has 2 heterocycles. The summed E-state index contributed by atoms with van der Waals surface area (Å²) in [6.07, 6.45) is 0. The molecule has 3 rings (SSSR count). The van der Waals surface area contributed by atoms with E-state index in [0.29, 0.717) is 0 Å². The average molecular weight is 346 g/mol. The molecule has 1 saturated heterocycles. The smallest absolute Gasteiger partial charge is 0.128 e. The number of piperazine rings is 1. The van der Waals surface area contributed by atoms with Crippen LogP contribution in [0.5, 0.6) is 0 Å². The van der Waals surface area contributed by atoms with Gasteiger partial charge in [0.25, 0.3) is 0 Å². The van der Waals surface area contributed by atoms with Crippen LogP contribution in [0.3, 0.4) is 0 Å². The van der Waals surface area contributed by atoms with Gasteiger partial charge < -0.3 is 4.90 Å². The molecule has 0 bridgehead atoms. The highest BCUT2D eigenvalue weighted by atomic mass is 79.9. The molecule has 0 radical (unpaired) electrons. The minimum Gasteiger partial charge on any atom is -0.354 e. The van der Waals surface area contributed by atoms with Crippen molar-refractivity contribution in [1.29, 1.82) is 0 Å². The Kier molecular flexibility index (Phi) is 4.56. The highest BCUT2D eigenvalue weighted by Gasteiger charge is 2.18. The zero-order valence-electron chi connectivity index (χ0n) is 12.3. The summed E-state index contributed by atoms with van der Waals surface area (Å²) >= 11 is 3.51. The maximum Gasteiger partial charge on any atom is 0.128 e. The molecule has 1 fully saturated rings. The molecule has 0 aliphatic carbocycles. The second-order valence-corrected chi connectivity index (χ2v) is 6.34. The van der Waals surface area contributed by atoms with Gasteiger partial charge in [0.2, 0.25) is 0 Å². The van der Waals surface area contributed by atoms with Crippen LogP contribution in [0.25, 0.3) is 0 Å². The Labute approximate surface area is 134 Å². The van der Waals surface area contributed by atoms with Gasteiger partial charge in [-0.2, -0.15) is 0 Å². The van der Waals surface area contributed by atoms with Crippen molar-refractivity contribution in [3.8, 4) is 0 Å². The molecule has 1 aliphatic rings. The summed E-state index contributed by atoms with van der Waals surface area (Å²) in [5, 5.41) is 0. The van der Waals surface area contributed by atoms with Crippen LogP contribution < -0.4 is 4.90 Å². The molecule has 0 unspecified atom stereocenters. The normalized spacial score (nSPS) is 16.2. The average Bonchev–Trinajstić information content (AvgIpc) is 2.52. The second-order valence-electron chi connectivity index (χ2n) is 5.49. The van der Waals surface area contributed by atoms with Gasteiger partial charge in [-0.25, -0.2) is 4.98 Å². The monoisotopic (exact) mass is 345 g/mol. The Morgan fingerprint density at radius 1 is 1.00 bits per heavy atom. The van der Waals surface area contributed by atoms with Gasteiger partial charge in [-0.3, -0.25) is 4.90 Å². The van der Waals surface area contributed by atoms with Crippen molar-refractivity contribution >= 4 is 21.7 Å². The maximum absolute atomic E-state index is 4.67. The molecule has 1 aromatic heterocycles. The van der Waals surface area contributed by atoms with E-state index in [0.717, 1.165) is 48.7 Å². The number of benzene rings is 1. The van der Waals surface area contributed by atoms with E-state index in [9.17, 15) is 0 Å². The van der Waals surface area contributed by atoms with Crippen molar-refractivity contribution in [2.45, 2.75) is 13.5 Å². The largest absolute Gasteiger partial charge is 0.354 e. The number of hydrogen-bond donors (Lipinski definition) is 0. The highest BCUT2D eigenvalue weighted by molar-refractivity contribution is 9.10. The minimum atomic E-state index is 1.04. The zero-order valence-corrected chi connectivity index (χ0v) is 13.9. The van der Waals surface area contributed by atoms with E-state index in [1.54, 1.807) is 0 Å². The van der Waals surface area contributed by atoms with Crippen LogP contribution in [-0.2, 0) is 6.54 Å². The quantitative estimate of drug-likeness (QED) is 0.848. The summed E-state index contributed by atoms with van der Waals surface area (Å²) in [6.45, 7) is 7.35. The van der Waals surface area contributed by atoms with Crippen LogP contribution in [0.15, 0.2) is 46.9 Å². The van der Waals surface area contributed by atoms with Crippen molar-refractivity contribution in [3.63, 3.8) is 0 Å². The van der Waals surface area contributed by atoms with E-state index < -0.39 is 0 Å². The van der Waals surface area contributed by atoms with Crippen molar-refractivity contribution in [2.24, 2.45) is 0 Å². The topological polar surface area (TPSA) is 19.4 Å². The van der Waals surface area contributed by atoms with Gasteiger partial charge in [0.05, 0.1) is 5.69 Å². The molecule has 110 valence electrons. The molecule has 21 heavy (non-hydrogen) atoms. The van der Waals surface area contributed by atoms with Gasteiger partial charge in [-0.1, -0.05) is 30.3 Å². The Hall–Kier alpha value is -1.39. The SMILES string of the molecule is Cc1nc(N2CCN(Cc3ccccc3)CC2)ccc1Br. The van der Waals surface area contributed by atoms with Gasteiger partial charge in [0.15, 0.2) is 0 Å². The fourth-order valence-electron chi connectivity index (χ4n) is 2.68. The zero-order chi connectivity index (χ0) is 14.7. The minimum absolute atomic E-state index is 1.04. The van der Waals surface area contributed by atoms with Crippen LogP contribution in [0, 0.1) is 6.92 Å². The third-order valence-corrected chi connectivity index (χ3v) is 4.79. The van der Waals surface area contributed by atoms with Crippen LogP contribution in [0.4, 0.5) is 5.82 Å². The lowest BCUT2D eigenvalue weighted by Gasteiger charge is -2.35. The Morgan fingerprint density at radius 2 is 1.71 bits per heavy atom. The van der Waals surface area contributed by atoms with E-state index in [1.807, 2.05) is 6.92 Å². The lowest BCUT2D eigenvalue weighted by atomic mass is 10.2. The van der Waals surface area contributed by atoms with Crippen LogP contribution in [0.1, 0.15) is 11.3 Å². The molecular weight excluding hydrogens is 326 g/mol. The summed E-state index contributed by atoms with van der Waals surface area (Å²) < 4.78 is 1.08. The summed E-state index contributed by atoms with van der Waals surface area (Å²) in [5.41, 5.74) is 2.45. The Morgan fingerprint density at radius 3 is 2.38 bits per heavy atom. The van der Waals surface area contributed by atoms with Crippen LogP contribution in [-0.4, -0.2) is 36.1 Å².